The number of rotatable bonds is 9. The minimum atomic E-state index is -0.310. The van der Waals surface area contributed by atoms with Gasteiger partial charge in [0.2, 0.25) is 0 Å². The van der Waals surface area contributed by atoms with Crippen LogP contribution in [0.5, 0.6) is 23.0 Å². The second-order valence-corrected chi connectivity index (χ2v) is 6.60. The van der Waals surface area contributed by atoms with Crippen molar-refractivity contribution in [3.05, 3.63) is 72.1 Å². The molecule has 3 aromatic rings. The monoisotopic (exact) mass is 435 g/mol. The van der Waals surface area contributed by atoms with Crippen LogP contribution in [0, 0.1) is 0 Å². The Morgan fingerprint density at radius 1 is 0.844 bits per heavy atom. The van der Waals surface area contributed by atoms with Crippen LogP contribution in [0.1, 0.15) is 34.7 Å². The SMILES string of the molecule is CCOc1cc(OCC)cc(C(=O)Nc2cccc(Oc3ccnc(C(=O)NC)c3)c2)c1. The van der Waals surface area contributed by atoms with E-state index in [1.165, 1.54) is 13.2 Å². The predicted octanol–water partition coefficient (Wildman–Crippen LogP) is 4.28. The van der Waals surface area contributed by atoms with Crippen LogP contribution in [0.15, 0.2) is 60.8 Å². The van der Waals surface area contributed by atoms with E-state index in [1.807, 2.05) is 13.8 Å². The zero-order valence-corrected chi connectivity index (χ0v) is 18.2. The van der Waals surface area contributed by atoms with Gasteiger partial charge >= 0.3 is 0 Å². The van der Waals surface area contributed by atoms with Crippen molar-refractivity contribution >= 4 is 17.5 Å². The number of nitrogens with one attached hydrogen (secondary N) is 2. The van der Waals surface area contributed by atoms with Crippen molar-refractivity contribution in [2.45, 2.75) is 13.8 Å². The first-order valence-corrected chi connectivity index (χ1v) is 10.2. The summed E-state index contributed by atoms with van der Waals surface area (Å²) in [4.78, 5) is 28.6. The van der Waals surface area contributed by atoms with Gasteiger partial charge in [-0.25, -0.2) is 0 Å². The number of anilines is 1. The molecule has 8 nitrogen and oxygen atoms in total. The standard InChI is InChI=1S/C24H25N3O5/c1-4-30-20-11-16(12-21(14-20)31-5-2)23(28)27-17-7-6-8-18(13-17)32-19-9-10-26-22(15-19)24(29)25-3/h6-15H,4-5H2,1-3H3,(H,25,29)(H,27,28). The molecule has 0 aliphatic heterocycles. The lowest BCUT2D eigenvalue weighted by Crippen LogP contribution is -2.18. The third-order valence-corrected chi connectivity index (χ3v) is 4.28. The van der Waals surface area contributed by atoms with E-state index < -0.39 is 0 Å². The highest BCUT2D eigenvalue weighted by atomic mass is 16.5. The second-order valence-electron chi connectivity index (χ2n) is 6.60. The van der Waals surface area contributed by atoms with Crippen LogP contribution < -0.4 is 24.8 Å². The summed E-state index contributed by atoms with van der Waals surface area (Å²) in [6, 6.07) is 15.2. The molecule has 1 aromatic heterocycles. The number of hydrogen-bond acceptors (Lipinski definition) is 6. The molecular formula is C24H25N3O5. The fraction of sp³-hybridized carbons (Fsp3) is 0.208. The number of ether oxygens (including phenoxy) is 3. The van der Waals surface area contributed by atoms with Gasteiger partial charge in [0.15, 0.2) is 0 Å². The van der Waals surface area contributed by atoms with Crippen LogP contribution in [-0.2, 0) is 0 Å². The van der Waals surface area contributed by atoms with Crippen LogP contribution in [-0.4, -0.2) is 37.1 Å². The molecule has 0 unspecified atom stereocenters. The average Bonchev–Trinajstić information content (AvgIpc) is 2.79. The Labute approximate surface area is 186 Å². The van der Waals surface area contributed by atoms with Crippen LogP contribution in [0.3, 0.4) is 0 Å². The smallest absolute Gasteiger partial charge is 0.269 e. The average molecular weight is 435 g/mol. The van der Waals surface area contributed by atoms with Gasteiger partial charge in [-0.1, -0.05) is 6.07 Å². The second kappa shape index (κ2) is 10.8. The van der Waals surface area contributed by atoms with Crippen LogP contribution in [0.4, 0.5) is 5.69 Å². The molecule has 2 N–H and O–H groups in total. The summed E-state index contributed by atoms with van der Waals surface area (Å²) in [5, 5.41) is 5.38. The molecule has 0 bridgehead atoms. The van der Waals surface area contributed by atoms with Gasteiger partial charge in [-0.05, 0) is 44.2 Å². The predicted molar refractivity (Wildman–Crippen MR) is 121 cm³/mol. The molecular weight excluding hydrogens is 410 g/mol. The number of amides is 2. The van der Waals surface area contributed by atoms with Crippen molar-refractivity contribution in [3.63, 3.8) is 0 Å². The van der Waals surface area contributed by atoms with Gasteiger partial charge in [0, 0.05) is 42.7 Å². The summed E-state index contributed by atoms with van der Waals surface area (Å²) in [6.45, 7) is 4.71. The maximum atomic E-state index is 12.8. The molecule has 32 heavy (non-hydrogen) atoms. The minimum absolute atomic E-state index is 0.244. The number of aromatic nitrogens is 1. The van der Waals surface area contributed by atoms with Gasteiger partial charge in [0.1, 0.15) is 28.7 Å². The van der Waals surface area contributed by atoms with Crippen LogP contribution >= 0.6 is 0 Å². The van der Waals surface area contributed by atoms with E-state index in [9.17, 15) is 9.59 Å². The minimum Gasteiger partial charge on any atom is -0.494 e. The third kappa shape index (κ3) is 5.98. The van der Waals surface area contributed by atoms with E-state index in [2.05, 4.69) is 15.6 Å². The van der Waals surface area contributed by atoms with Gasteiger partial charge < -0.3 is 24.8 Å². The molecule has 0 fully saturated rings. The Morgan fingerprint density at radius 3 is 2.19 bits per heavy atom. The first-order chi connectivity index (χ1) is 15.5. The summed E-state index contributed by atoms with van der Waals surface area (Å²) < 4.78 is 16.9. The van der Waals surface area contributed by atoms with Gasteiger partial charge in [-0.15, -0.1) is 0 Å². The van der Waals surface area contributed by atoms with Crippen molar-refractivity contribution < 1.29 is 23.8 Å². The molecule has 1 heterocycles. The lowest BCUT2D eigenvalue weighted by Gasteiger charge is -2.12. The fourth-order valence-electron chi connectivity index (χ4n) is 2.91. The number of hydrogen-bond donors (Lipinski definition) is 2. The van der Waals surface area contributed by atoms with E-state index in [4.69, 9.17) is 14.2 Å². The summed E-state index contributed by atoms with van der Waals surface area (Å²) in [5.74, 6) is 1.45. The first-order valence-electron chi connectivity index (χ1n) is 10.2. The molecule has 3 rings (SSSR count). The zero-order valence-electron chi connectivity index (χ0n) is 18.2. The lowest BCUT2D eigenvalue weighted by atomic mass is 10.1. The molecule has 0 aliphatic carbocycles. The molecule has 0 saturated carbocycles. The highest BCUT2D eigenvalue weighted by Crippen LogP contribution is 2.26. The summed E-state index contributed by atoms with van der Waals surface area (Å²) in [6.07, 6.45) is 1.49. The quantitative estimate of drug-likeness (QED) is 0.520. The van der Waals surface area contributed by atoms with E-state index in [1.54, 1.807) is 54.6 Å². The Bertz CT molecular complexity index is 1080. The third-order valence-electron chi connectivity index (χ3n) is 4.28. The van der Waals surface area contributed by atoms with Gasteiger partial charge in [0.25, 0.3) is 11.8 Å². The molecule has 0 spiro atoms. The normalized spacial score (nSPS) is 10.2. The van der Waals surface area contributed by atoms with Gasteiger partial charge in [0.05, 0.1) is 13.2 Å². The molecule has 0 saturated heterocycles. The molecule has 0 atom stereocenters. The molecule has 166 valence electrons. The Kier molecular flexibility index (Phi) is 7.64. The summed E-state index contributed by atoms with van der Waals surface area (Å²) >= 11 is 0. The molecule has 2 amide bonds. The first kappa shape index (κ1) is 22.6. The van der Waals surface area contributed by atoms with Gasteiger partial charge in [-0.3, -0.25) is 14.6 Å². The number of nitrogens with zero attached hydrogens (tertiary/aromatic N) is 1. The fourth-order valence-corrected chi connectivity index (χ4v) is 2.91. The van der Waals surface area contributed by atoms with Crippen LogP contribution in [0.2, 0.25) is 0 Å². The number of benzene rings is 2. The summed E-state index contributed by atoms with van der Waals surface area (Å²) in [7, 11) is 1.53. The molecule has 8 heteroatoms. The van der Waals surface area contributed by atoms with Gasteiger partial charge in [-0.2, -0.15) is 0 Å². The zero-order chi connectivity index (χ0) is 22.9. The van der Waals surface area contributed by atoms with E-state index in [0.29, 0.717) is 47.5 Å². The summed E-state index contributed by atoms with van der Waals surface area (Å²) in [5.41, 5.74) is 1.21. The van der Waals surface area contributed by atoms with Crippen molar-refractivity contribution in [1.82, 2.24) is 10.3 Å². The van der Waals surface area contributed by atoms with Crippen molar-refractivity contribution in [2.75, 3.05) is 25.6 Å². The van der Waals surface area contributed by atoms with Crippen molar-refractivity contribution in [1.29, 1.82) is 0 Å². The Balaban J connectivity index is 1.76. The number of carbonyl (C=O) groups excluding carboxylic acids is 2. The lowest BCUT2D eigenvalue weighted by molar-refractivity contribution is 0.0957. The van der Waals surface area contributed by atoms with E-state index in [0.717, 1.165) is 0 Å². The van der Waals surface area contributed by atoms with Crippen molar-refractivity contribution in [3.8, 4) is 23.0 Å². The number of carbonyl (C=O) groups is 2. The topological polar surface area (TPSA) is 98.8 Å². The largest absolute Gasteiger partial charge is 0.494 e. The van der Waals surface area contributed by atoms with Crippen molar-refractivity contribution in [2.24, 2.45) is 0 Å². The number of pyridine rings is 1. The van der Waals surface area contributed by atoms with E-state index in [-0.39, 0.29) is 17.5 Å². The van der Waals surface area contributed by atoms with Crippen LogP contribution in [0.25, 0.3) is 0 Å². The highest BCUT2D eigenvalue weighted by Gasteiger charge is 2.12. The maximum absolute atomic E-state index is 12.8. The maximum Gasteiger partial charge on any atom is 0.269 e. The Hall–Kier alpha value is -4.07. The molecule has 0 aliphatic rings. The molecule has 2 aromatic carbocycles. The Morgan fingerprint density at radius 2 is 1.53 bits per heavy atom. The molecule has 0 radical (unpaired) electrons. The van der Waals surface area contributed by atoms with E-state index >= 15 is 0 Å². The highest BCUT2D eigenvalue weighted by molar-refractivity contribution is 6.04.